The molecule has 5 heteroatoms. The fourth-order valence-electron chi connectivity index (χ4n) is 1.57. The van der Waals surface area contributed by atoms with Crippen LogP contribution in [-0.2, 0) is 10.0 Å². The molecule has 0 fully saturated rings. The molecule has 0 spiro atoms. The topological polar surface area (TPSA) is 58.5 Å². The van der Waals surface area contributed by atoms with Crippen LogP contribution in [0.2, 0.25) is 0 Å². The van der Waals surface area contributed by atoms with Gasteiger partial charge in [-0.25, -0.2) is 4.83 Å². The lowest BCUT2D eigenvalue weighted by molar-refractivity contribution is 0.584. The summed E-state index contributed by atoms with van der Waals surface area (Å²) in [5, 5.41) is 3.77. The van der Waals surface area contributed by atoms with Crippen molar-refractivity contribution >= 4 is 16.2 Å². The molecule has 0 bridgehead atoms. The predicted molar refractivity (Wildman–Crippen MR) is 75.5 cm³/mol. The molecule has 0 radical (unpaired) electrons. The summed E-state index contributed by atoms with van der Waals surface area (Å²) >= 11 is 0. The molecule has 4 nitrogen and oxygen atoms in total. The van der Waals surface area contributed by atoms with E-state index in [0.717, 1.165) is 11.1 Å². The molecule has 0 aliphatic carbocycles. The van der Waals surface area contributed by atoms with E-state index in [4.69, 9.17) is 0 Å². The lowest BCUT2D eigenvalue weighted by Gasteiger charge is -2.02. The second kappa shape index (κ2) is 5.67. The quantitative estimate of drug-likeness (QED) is 0.687. The summed E-state index contributed by atoms with van der Waals surface area (Å²) in [4.78, 5) is 2.38. The monoisotopic (exact) mass is 274 g/mol. The van der Waals surface area contributed by atoms with Gasteiger partial charge in [0.1, 0.15) is 0 Å². The van der Waals surface area contributed by atoms with Crippen LogP contribution in [0.25, 0.3) is 0 Å². The van der Waals surface area contributed by atoms with Crippen molar-refractivity contribution in [2.75, 3.05) is 0 Å². The molecule has 0 saturated heterocycles. The molecule has 1 N–H and O–H groups in total. The van der Waals surface area contributed by atoms with Crippen LogP contribution in [0, 0.1) is 6.92 Å². The minimum absolute atomic E-state index is 0.191. The van der Waals surface area contributed by atoms with Crippen molar-refractivity contribution < 1.29 is 8.42 Å². The van der Waals surface area contributed by atoms with E-state index >= 15 is 0 Å². The van der Waals surface area contributed by atoms with Crippen molar-refractivity contribution in [3.05, 3.63) is 65.7 Å². The third-order valence-electron chi connectivity index (χ3n) is 2.48. The zero-order chi connectivity index (χ0) is 13.7. The summed E-state index contributed by atoms with van der Waals surface area (Å²) in [6.07, 6.45) is 1.48. The van der Waals surface area contributed by atoms with E-state index in [9.17, 15) is 8.42 Å². The lowest BCUT2D eigenvalue weighted by atomic mass is 10.2. The molecule has 0 amide bonds. The van der Waals surface area contributed by atoms with Crippen LogP contribution in [0.3, 0.4) is 0 Å². The van der Waals surface area contributed by atoms with Crippen molar-refractivity contribution in [3.8, 4) is 0 Å². The maximum atomic E-state index is 11.9. The van der Waals surface area contributed by atoms with Gasteiger partial charge >= 0.3 is 0 Å². The fraction of sp³-hybridized carbons (Fsp3) is 0.0714. The zero-order valence-electron chi connectivity index (χ0n) is 10.4. The van der Waals surface area contributed by atoms with E-state index in [2.05, 4.69) is 9.93 Å². The summed E-state index contributed by atoms with van der Waals surface area (Å²) < 4.78 is 23.7. The summed E-state index contributed by atoms with van der Waals surface area (Å²) in [6.45, 7) is 1.96. The van der Waals surface area contributed by atoms with Crippen LogP contribution in [0.5, 0.6) is 0 Å². The molecule has 0 unspecified atom stereocenters. The first-order valence-corrected chi connectivity index (χ1v) is 7.23. The molecule has 0 heterocycles. The average molecular weight is 274 g/mol. The predicted octanol–water partition coefficient (Wildman–Crippen LogP) is 2.31. The minimum atomic E-state index is -3.59. The minimum Gasteiger partial charge on any atom is -0.200 e. The first kappa shape index (κ1) is 13.3. The van der Waals surface area contributed by atoms with Gasteiger partial charge in [0, 0.05) is 0 Å². The molecular weight excluding hydrogens is 260 g/mol. The molecule has 2 aromatic rings. The highest BCUT2D eigenvalue weighted by Crippen LogP contribution is 2.07. The van der Waals surface area contributed by atoms with Gasteiger partial charge in [-0.1, -0.05) is 48.0 Å². The highest BCUT2D eigenvalue weighted by atomic mass is 32.2. The largest absolute Gasteiger partial charge is 0.276 e. The number of hydrogen-bond acceptors (Lipinski definition) is 3. The molecule has 0 aromatic heterocycles. The van der Waals surface area contributed by atoms with Crippen molar-refractivity contribution in [3.63, 3.8) is 0 Å². The van der Waals surface area contributed by atoms with E-state index in [1.807, 2.05) is 31.2 Å². The van der Waals surface area contributed by atoms with Gasteiger partial charge in [0.15, 0.2) is 0 Å². The number of hydrazone groups is 1. The number of benzene rings is 2. The van der Waals surface area contributed by atoms with Crippen LogP contribution < -0.4 is 4.83 Å². The molecule has 2 aromatic carbocycles. The lowest BCUT2D eigenvalue weighted by Crippen LogP contribution is -2.18. The summed E-state index contributed by atoms with van der Waals surface area (Å²) in [7, 11) is -3.59. The number of hydrogen-bond donors (Lipinski definition) is 1. The van der Waals surface area contributed by atoms with Gasteiger partial charge in [0.25, 0.3) is 10.0 Å². The Kier molecular flexibility index (Phi) is 3.97. The van der Waals surface area contributed by atoms with Gasteiger partial charge in [-0.3, -0.25) is 0 Å². The van der Waals surface area contributed by atoms with Gasteiger partial charge in [-0.2, -0.15) is 13.5 Å². The second-order valence-electron chi connectivity index (χ2n) is 4.08. The van der Waals surface area contributed by atoms with Crippen LogP contribution in [0.15, 0.2) is 64.6 Å². The molecule has 2 rings (SSSR count). The maximum absolute atomic E-state index is 11.9. The Labute approximate surface area is 112 Å². The first-order chi connectivity index (χ1) is 9.08. The molecule has 0 aliphatic rings. The molecule has 0 aliphatic heterocycles. The Balaban J connectivity index is 2.10. The van der Waals surface area contributed by atoms with Crippen LogP contribution >= 0.6 is 0 Å². The smallest absolute Gasteiger partial charge is 0.200 e. The zero-order valence-corrected chi connectivity index (χ0v) is 11.3. The first-order valence-electron chi connectivity index (χ1n) is 5.74. The van der Waals surface area contributed by atoms with Crippen LogP contribution in [0.1, 0.15) is 11.1 Å². The van der Waals surface area contributed by atoms with Crippen LogP contribution in [-0.4, -0.2) is 14.6 Å². The third-order valence-corrected chi connectivity index (χ3v) is 3.72. The molecule has 98 valence electrons. The molecular formula is C14H14N2O2S. The Bertz CT molecular complexity index is 680. The standard InChI is InChI=1S/C14H14N2O2S/c1-12-6-5-7-13(10-12)11-15-16-19(17,18)14-8-3-2-4-9-14/h2-11,16H,1H3/b15-11-. The number of nitrogens with one attached hydrogen (secondary N) is 1. The maximum Gasteiger partial charge on any atom is 0.276 e. The SMILES string of the molecule is Cc1cccc(/C=N\NS(=O)(=O)c2ccccc2)c1. The third kappa shape index (κ3) is 3.66. The Morgan fingerprint density at radius 1 is 1.05 bits per heavy atom. The number of aryl methyl sites for hydroxylation is 1. The number of rotatable bonds is 4. The normalized spacial score (nSPS) is 11.6. The summed E-state index contributed by atoms with van der Waals surface area (Å²) in [5.41, 5.74) is 1.94. The van der Waals surface area contributed by atoms with Crippen molar-refractivity contribution in [2.45, 2.75) is 11.8 Å². The second-order valence-corrected chi connectivity index (χ2v) is 5.74. The van der Waals surface area contributed by atoms with Crippen LogP contribution in [0.4, 0.5) is 0 Å². The van der Waals surface area contributed by atoms with Crippen molar-refractivity contribution in [2.24, 2.45) is 5.10 Å². The van der Waals surface area contributed by atoms with Gasteiger partial charge in [-0.05, 0) is 24.6 Å². The number of sulfonamides is 1. The fourth-order valence-corrected chi connectivity index (χ4v) is 2.39. The average Bonchev–Trinajstić information content (AvgIpc) is 2.40. The van der Waals surface area contributed by atoms with Crippen molar-refractivity contribution in [1.29, 1.82) is 0 Å². The molecule has 0 atom stereocenters. The molecule has 19 heavy (non-hydrogen) atoms. The summed E-state index contributed by atoms with van der Waals surface area (Å²) in [6, 6.07) is 15.8. The van der Waals surface area contributed by atoms with E-state index in [0.29, 0.717) is 0 Å². The molecule has 0 saturated carbocycles. The van der Waals surface area contributed by atoms with Gasteiger partial charge in [0.05, 0.1) is 11.1 Å². The highest BCUT2D eigenvalue weighted by Gasteiger charge is 2.10. The van der Waals surface area contributed by atoms with Crippen molar-refractivity contribution in [1.82, 2.24) is 4.83 Å². The van der Waals surface area contributed by atoms with E-state index in [1.165, 1.54) is 18.3 Å². The number of nitrogens with zero attached hydrogens (tertiary/aromatic N) is 1. The highest BCUT2D eigenvalue weighted by molar-refractivity contribution is 7.89. The Hall–Kier alpha value is -2.14. The van der Waals surface area contributed by atoms with Gasteiger partial charge < -0.3 is 0 Å². The van der Waals surface area contributed by atoms with E-state index < -0.39 is 10.0 Å². The Morgan fingerprint density at radius 2 is 1.79 bits per heavy atom. The van der Waals surface area contributed by atoms with E-state index in [-0.39, 0.29) is 4.90 Å². The summed E-state index contributed by atoms with van der Waals surface area (Å²) in [5.74, 6) is 0. The van der Waals surface area contributed by atoms with E-state index in [1.54, 1.807) is 18.2 Å². The van der Waals surface area contributed by atoms with Gasteiger partial charge in [0.2, 0.25) is 0 Å². The van der Waals surface area contributed by atoms with Gasteiger partial charge in [-0.15, -0.1) is 0 Å². The Morgan fingerprint density at radius 3 is 2.47 bits per heavy atom.